The fourth-order valence-corrected chi connectivity index (χ4v) is 1.94. The number of ether oxygens (including phenoxy) is 1. The molecule has 0 aliphatic carbocycles. The Morgan fingerprint density at radius 1 is 1.60 bits per heavy atom. The molecule has 0 N–H and O–H groups in total. The van der Waals surface area contributed by atoms with Crippen LogP contribution in [-0.4, -0.2) is 35.1 Å². The normalized spacial score (nSPS) is 10.4. The maximum atomic E-state index is 11.6. The first-order valence-corrected chi connectivity index (χ1v) is 6.88. The van der Waals surface area contributed by atoms with Crippen LogP contribution in [0.15, 0.2) is 16.7 Å². The number of nitro groups is 1. The van der Waals surface area contributed by atoms with Gasteiger partial charge in [0.2, 0.25) is 5.82 Å². The Bertz CT molecular complexity index is 507. The second-order valence-electron chi connectivity index (χ2n) is 4.28. The van der Waals surface area contributed by atoms with Crippen molar-refractivity contribution in [2.24, 2.45) is 0 Å². The lowest BCUT2D eigenvalue weighted by molar-refractivity contribution is -0.384. The van der Waals surface area contributed by atoms with Gasteiger partial charge < -0.3 is 9.64 Å². The van der Waals surface area contributed by atoms with Crippen LogP contribution < -0.4 is 4.90 Å². The molecule has 0 fully saturated rings. The van der Waals surface area contributed by atoms with E-state index >= 15 is 0 Å². The molecule has 7 nitrogen and oxygen atoms in total. The summed E-state index contributed by atoms with van der Waals surface area (Å²) in [5, 5.41) is 11.1. The van der Waals surface area contributed by atoms with Gasteiger partial charge in [0.05, 0.1) is 11.5 Å². The number of carbonyl (C=O) groups is 1. The minimum atomic E-state index is -0.520. The minimum Gasteiger partial charge on any atom is -0.465 e. The van der Waals surface area contributed by atoms with Crippen LogP contribution in [0.3, 0.4) is 0 Å². The van der Waals surface area contributed by atoms with Crippen molar-refractivity contribution in [2.45, 2.75) is 26.8 Å². The van der Waals surface area contributed by atoms with E-state index < -0.39 is 10.9 Å². The topological polar surface area (TPSA) is 85.6 Å². The van der Waals surface area contributed by atoms with Gasteiger partial charge in [-0.1, -0.05) is 0 Å². The van der Waals surface area contributed by atoms with Crippen LogP contribution in [0.4, 0.5) is 11.5 Å². The smallest absolute Gasteiger partial charge is 0.325 e. The molecule has 1 aromatic heterocycles. The molecule has 0 aliphatic rings. The zero-order valence-corrected chi connectivity index (χ0v) is 13.1. The summed E-state index contributed by atoms with van der Waals surface area (Å²) in [7, 11) is 0. The first kappa shape index (κ1) is 16.4. The van der Waals surface area contributed by atoms with Gasteiger partial charge in [0, 0.05) is 22.8 Å². The maximum Gasteiger partial charge on any atom is 0.325 e. The van der Waals surface area contributed by atoms with Crippen molar-refractivity contribution in [3.05, 3.63) is 26.9 Å². The molecule has 110 valence electrons. The van der Waals surface area contributed by atoms with E-state index in [1.807, 2.05) is 13.8 Å². The molecule has 1 aromatic rings. The SMILES string of the molecule is CCOC(=O)CN(c1ncc(Br)cc1[N+](=O)[O-])C(C)C. The molecule has 8 heteroatoms. The van der Waals surface area contributed by atoms with E-state index in [0.717, 1.165) is 0 Å². The highest BCUT2D eigenvalue weighted by Gasteiger charge is 2.25. The van der Waals surface area contributed by atoms with Crippen molar-refractivity contribution < 1.29 is 14.5 Å². The van der Waals surface area contributed by atoms with Gasteiger partial charge in [-0.3, -0.25) is 14.9 Å². The molecular weight excluding hydrogens is 330 g/mol. The van der Waals surface area contributed by atoms with Crippen LogP contribution in [-0.2, 0) is 9.53 Å². The van der Waals surface area contributed by atoms with E-state index in [1.54, 1.807) is 11.8 Å². The lowest BCUT2D eigenvalue weighted by Crippen LogP contribution is -2.37. The third kappa shape index (κ3) is 4.16. The third-order valence-corrected chi connectivity index (χ3v) is 2.94. The van der Waals surface area contributed by atoms with Gasteiger partial charge in [-0.15, -0.1) is 0 Å². The zero-order chi connectivity index (χ0) is 15.3. The molecule has 0 saturated carbocycles. The molecule has 0 atom stereocenters. The number of carbonyl (C=O) groups excluding carboxylic acids is 1. The number of pyridine rings is 1. The van der Waals surface area contributed by atoms with Crippen LogP contribution in [0.5, 0.6) is 0 Å². The molecule has 1 heterocycles. The Kier molecular flexibility index (Phi) is 5.87. The Labute approximate surface area is 125 Å². The number of nitrogens with zero attached hydrogens (tertiary/aromatic N) is 3. The van der Waals surface area contributed by atoms with Gasteiger partial charge in [-0.25, -0.2) is 4.98 Å². The fourth-order valence-electron chi connectivity index (χ4n) is 1.62. The summed E-state index contributed by atoms with van der Waals surface area (Å²) in [5.41, 5.74) is -0.155. The average Bonchev–Trinajstić information content (AvgIpc) is 2.36. The highest BCUT2D eigenvalue weighted by molar-refractivity contribution is 9.10. The molecular formula is C12H16BrN3O4. The molecule has 0 unspecified atom stereocenters. The molecule has 0 saturated heterocycles. The van der Waals surface area contributed by atoms with Gasteiger partial charge in [0.25, 0.3) is 0 Å². The van der Waals surface area contributed by atoms with Crippen molar-refractivity contribution in [1.82, 2.24) is 4.98 Å². The van der Waals surface area contributed by atoms with E-state index in [4.69, 9.17) is 4.74 Å². The first-order chi connectivity index (χ1) is 9.36. The number of hydrogen-bond donors (Lipinski definition) is 0. The fraction of sp³-hybridized carbons (Fsp3) is 0.500. The lowest BCUT2D eigenvalue weighted by Gasteiger charge is -2.26. The predicted molar refractivity (Wildman–Crippen MR) is 77.7 cm³/mol. The minimum absolute atomic E-state index is 0.0824. The standard InChI is InChI=1S/C12H16BrN3O4/c1-4-20-11(17)7-15(8(2)3)12-10(16(18)19)5-9(13)6-14-12/h5-6,8H,4,7H2,1-3H3. The second kappa shape index (κ2) is 7.18. The number of rotatable bonds is 6. The van der Waals surface area contributed by atoms with Gasteiger partial charge >= 0.3 is 11.7 Å². The van der Waals surface area contributed by atoms with Gasteiger partial charge in [0.15, 0.2) is 0 Å². The van der Waals surface area contributed by atoms with Crippen LogP contribution in [0, 0.1) is 10.1 Å². The summed E-state index contributed by atoms with van der Waals surface area (Å²) in [6.45, 7) is 5.54. The zero-order valence-electron chi connectivity index (χ0n) is 11.5. The quantitative estimate of drug-likeness (QED) is 0.447. The summed E-state index contributed by atoms with van der Waals surface area (Å²) < 4.78 is 5.39. The van der Waals surface area contributed by atoms with Crippen LogP contribution in [0.25, 0.3) is 0 Å². The second-order valence-corrected chi connectivity index (χ2v) is 5.20. The van der Waals surface area contributed by atoms with Crippen LogP contribution in [0.2, 0.25) is 0 Å². The molecule has 1 rings (SSSR count). The largest absolute Gasteiger partial charge is 0.465 e. The molecule has 0 radical (unpaired) electrons. The Hall–Kier alpha value is -1.70. The molecule has 0 aliphatic heterocycles. The van der Waals surface area contributed by atoms with Gasteiger partial charge in [0.1, 0.15) is 6.54 Å². The summed E-state index contributed by atoms with van der Waals surface area (Å²) in [6, 6.07) is 1.23. The summed E-state index contributed by atoms with van der Waals surface area (Å²) in [5.74, 6) is -0.290. The average molecular weight is 346 g/mol. The van der Waals surface area contributed by atoms with Crippen molar-refractivity contribution in [2.75, 3.05) is 18.1 Å². The Balaban J connectivity index is 3.15. The summed E-state index contributed by atoms with van der Waals surface area (Å²) in [6.07, 6.45) is 1.46. The van der Waals surface area contributed by atoms with Crippen molar-refractivity contribution in [1.29, 1.82) is 0 Å². The predicted octanol–water partition coefficient (Wildman–Crippen LogP) is 2.53. The monoisotopic (exact) mass is 345 g/mol. The van der Waals surface area contributed by atoms with E-state index in [1.165, 1.54) is 12.3 Å². The Morgan fingerprint density at radius 2 is 2.25 bits per heavy atom. The lowest BCUT2D eigenvalue weighted by atomic mass is 10.2. The highest BCUT2D eigenvalue weighted by Crippen LogP contribution is 2.29. The molecule has 0 bridgehead atoms. The highest BCUT2D eigenvalue weighted by atomic mass is 79.9. The van der Waals surface area contributed by atoms with Crippen LogP contribution >= 0.6 is 15.9 Å². The van der Waals surface area contributed by atoms with Crippen molar-refractivity contribution in [3.63, 3.8) is 0 Å². The maximum absolute atomic E-state index is 11.6. The van der Waals surface area contributed by atoms with Crippen molar-refractivity contribution in [3.8, 4) is 0 Å². The van der Waals surface area contributed by atoms with Crippen LogP contribution in [0.1, 0.15) is 20.8 Å². The molecule has 0 aromatic carbocycles. The molecule has 20 heavy (non-hydrogen) atoms. The summed E-state index contributed by atoms with van der Waals surface area (Å²) >= 11 is 3.15. The number of esters is 1. The number of aromatic nitrogens is 1. The Morgan fingerprint density at radius 3 is 2.75 bits per heavy atom. The number of hydrogen-bond acceptors (Lipinski definition) is 6. The van der Waals surface area contributed by atoms with Crippen molar-refractivity contribution >= 4 is 33.4 Å². The van der Waals surface area contributed by atoms with E-state index in [0.29, 0.717) is 4.47 Å². The summed E-state index contributed by atoms with van der Waals surface area (Å²) in [4.78, 5) is 27.8. The third-order valence-electron chi connectivity index (χ3n) is 2.51. The van der Waals surface area contributed by atoms with E-state index in [2.05, 4.69) is 20.9 Å². The van der Waals surface area contributed by atoms with Gasteiger partial charge in [-0.05, 0) is 36.7 Å². The van der Waals surface area contributed by atoms with E-state index in [9.17, 15) is 14.9 Å². The number of halogens is 1. The molecule has 0 amide bonds. The molecule has 0 spiro atoms. The van der Waals surface area contributed by atoms with Gasteiger partial charge in [-0.2, -0.15) is 0 Å². The first-order valence-electron chi connectivity index (χ1n) is 6.09. The van der Waals surface area contributed by atoms with E-state index in [-0.39, 0.29) is 30.7 Å². The number of anilines is 1.